The fourth-order valence-electron chi connectivity index (χ4n) is 3.32. The summed E-state index contributed by atoms with van der Waals surface area (Å²) in [4.78, 5) is 24.8. The number of amides is 1. The highest BCUT2D eigenvalue weighted by Gasteiger charge is 2.45. The van der Waals surface area contributed by atoms with Crippen molar-refractivity contribution in [2.75, 3.05) is 0 Å². The first-order chi connectivity index (χ1) is 8.76. The van der Waals surface area contributed by atoms with E-state index in [2.05, 4.69) is 0 Å². The van der Waals surface area contributed by atoms with Gasteiger partial charge in [-0.3, -0.25) is 4.79 Å². The molecule has 1 amide bonds. The van der Waals surface area contributed by atoms with Crippen molar-refractivity contribution in [3.63, 3.8) is 0 Å². The molecule has 0 aromatic rings. The number of carboxylic acids is 1. The number of carboxylic acid groups (broad SMARTS) is 1. The van der Waals surface area contributed by atoms with Crippen LogP contribution in [0.5, 0.6) is 0 Å². The van der Waals surface area contributed by atoms with Crippen molar-refractivity contribution in [1.82, 2.24) is 4.90 Å². The van der Waals surface area contributed by atoms with Crippen LogP contribution in [0, 0.1) is 5.92 Å². The number of ether oxygens (including phenoxy) is 1. The highest BCUT2D eigenvalue weighted by atomic mass is 16.6. The van der Waals surface area contributed by atoms with Gasteiger partial charge in [0.1, 0.15) is 5.60 Å². The molecule has 3 atom stereocenters. The topological polar surface area (TPSA) is 66.8 Å². The fraction of sp³-hybridized carbons (Fsp3) is 0.857. The smallest absolute Gasteiger partial charge is 0.410 e. The Bertz CT molecular complexity index is 360. The van der Waals surface area contributed by atoms with Crippen molar-refractivity contribution in [3.05, 3.63) is 0 Å². The van der Waals surface area contributed by atoms with Crippen LogP contribution in [-0.4, -0.2) is 39.8 Å². The second-order valence-corrected chi connectivity index (χ2v) is 6.71. The maximum Gasteiger partial charge on any atom is 0.410 e. The van der Waals surface area contributed by atoms with Crippen molar-refractivity contribution < 1.29 is 19.4 Å². The van der Waals surface area contributed by atoms with Gasteiger partial charge in [0, 0.05) is 18.5 Å². The van der Waals surface area contributed by atoms with Gasteiger partial charge < -0.3 is 14.7 Å². The van der Waals surface area contributed by atoms with E-state index in [1.165, 1.54) is 0 Å². The Labute approximate surface area is 113 Å². The average Bonchev–Trinajstić information content (AvgIpc) is 2.47. The van der Waals surface area contributed by atoms with E-state index in [1.54, 1.807) is 0 Å². The first-order valence-corrected chi connectivity index (χ1v) is 6.99. The zero-order chi connectivity index (χ0) is 14.2. The van der Waals surface area contributed by atoms with Crippen LogP contribution >= 0.6 is 0 Å². The summed E-state index contributed by atoms with van der Waals surface area (Å²) in [5.41, 5.74) is -0.478. The number of hydrogen-bond acceptors (Lipinski definition) is 3. The number of hydrogen-bond donors (Lipinski definition) is 1. The van der Waals surface area contributed by atoms with Crippen LogP contribution in [0.2, 0.25) is 0 Å². The molecule has 19 heavy (non-hydrogen) atoms. The summed E-state index contributed by atoms with van der Waals surface area (Å²) in [7, 11) is 0. The lowest BCUT2D eigenvalue weighted by molar-refractivity contribution is -0.138. The molecule has 2 rings (SSSR count). The Morgan fingerprint density at radius 2 is 1.74 bits per heavy atom. The van der Waals surface area contributed by atoms with Crippen molar-refractivity contribution in [3.8, 4) is 0 Å². The summed E-state index contributed by atoms with van der Waals surface area (Å²) in [6, 6.07) is 0.330. The quantitative estimate of drug-likeness (QED) is 0.836. The summed E-state index contributed by atoms with van der Waals surface area (Å²) in [5.74, 6) is -0.538. The lowest BCUT2D eigenvalue weighted by Gasteiger charge is -2.39. The normalized spacial score (nSPS) is 30.3. The number of carbonyl (C=O) groups excluding carboxylic acids is 1. The molecule has 108 valence electrons. The molecule has 0 aromatic carbocycles. The van der Waals surface area contributed by atoms with E-state index in [9.17, 15) is 9.59 Å². The summed E-state index contributed by atoms with van der Waals surface area (Å²) in [6.07, 6.45) is 3.51. The molecular weight excluding hydrogens is 246 g/mol. The molecule has 0 aromatic heterocycles. The van der Waals surface area contributed by atoms with Gasteiger partial charge in [-0.25, -0.2) is 4.79 Å². The van der Waals surface area contributed by atoms with Gasteiger partial charge in [0.25, 0.3) is 0 Å². The molecule has 2 aliphatic rings. The second-order valence-electron chi connectivity index (χ2n) is 6.71. The van der Waals surface area contributed by atoms with Gasteiger partial charge >= 0.3 is 12.1 Å². The highest BCUT2D eigenvalue weighted by molar-refractivity contribution is 5.70. The molecule has 5 heteroatoms. The lowest BCUT2D eigenvalue weighted by Crippen LogP contribution is -2.48. The Balaban J connectivity index is 1.99. The van der Waals surface area contributed by atoms with Crippen LogP contribution in [-0.2, 0) is 9.53 Å². The molecule has 5 nitrogen and oxygen atoms in total. The Morgan fingerprint density at radius 3 is 2.16 bits per heavy atom. The van der Waals surface area contributed by atoms with Gasteiger partial charge in [0.2, 0.25) is 0 Å². The molecule has 1 N–H and O–H groups in total. The molecule has 2 fully saturated rings. The first-order valence-electron chi connectivity index (χ1n) is 6.99. The van der Waals surface area contributed by atoms with Crippen LogP contribution in [0.15, 0.2) is 0 Å². The molecule has 0 spiro atoms. The molecule has 0 aliphatic carbocycles. The number of piperidine rings is 1. The molecule has 2 aliphatic heterocycles. The van der Waals surface area contributed by atoms with Crippen LogP contribution in [0.4, 0.5) is 4.79 Å². The van der Waals surface area contributed by atoms with Crippen molar-refractivity contribution in [2.45, 2.75) is 70.6 Å². The Morgan fingerprint density at radius 1 is 1.21 bits per heavy atom. The first kappa shape index (κ1) is 14.2. The Hall–Kier alpha value is -1.26. The van der Waals surface area contributed by atoms with E-state index in [-0.39, 0.29) is 30.5 Å². The minimum atomic E-state index is -0.741. The highest BCUT2D eigenvalue weighted by Crippen LogP contribution is 2.40. The monoisotopic (exact) mass is 269 g/mol. The van der Waals surface area contributed by atoms with Crippen LogP contribution < -0.4 is 0 Å². The van der Waals surface area contributed by atoms with Gasteiger partial charge in [0.05, 0.1) is 0 Å². The van der Waals surface area contributed by atoms with Crippen LogP contribution in [0.1, 0.15) is 52.9 Å². The Kier molecular flexibility index (Phi) is 3.74. The number of fused-ring (bicyclic) bond motifs is 2. The summed E-state index contributed by atoms with van der Waals surface area (Å²) < 4.78 is 5.45. The van der Waals surface area contributed by atoms with E-state index in [0.29, 0.717) is 0 Å². The zero-order valence-corrected chi connectivity index (χ0v) is 11.9. The predicted molar refractivity (Wildman–Crippen MR) is 69.9 cm³/mol. The van der Waals surface area contributed by atoms with E-state index in [1.807, 2.05) is 25.7 Å². The van der Waals surface area contributed by atoms with Crippen molar-refractivity contribution in [1.29, 1.82) is 0 Å². The standard InChI is InChI=1S/C14H23NO4/c1-14(2,3)19-13(18)15-10-4-5-11(15)7-9(6-10)8-12(16)17/h9-11H,4-8H2,1-3H3,(H,16,17)/t9?,10-,11+. The predicted octanol–water partition coefficient (Wildman–Crippen LogP) is 2.64. The molecular formula is C14H23NO4. The fourth-order valence-corrected chi connectivity index (χ4v) is 3.32. The van der Waals surface area contributed by atoms with Gasteiger partial charge in [0.15, 0.2) is 0 Å². The SMILES string of the molecule is CC(C)(C)OC(=O)N1[C@@H]2CC[C@H]1CC(CC(=O)O)C2. The van der Waals surface area contributed by atoms with Gasteiger partial charge in [-0.15, -0.1) is 0 Å². The maximum absolute atomic E-state index is 12.2. The third-order valence-corrected chi connectivity index (χ3v) is 3.90. The van der Waals surface area contributed by atoms with E-state index in [4.69, 9.17) is 9.84 Å². The van der Waals surface area contributed by atoms with Crippen molar-refractivity contribution >= 4 is 12.1 Å². The largest absolute Gasteiger partial charge is 0.481 e. The minimum absolute atomic E-state index is 0.165. The van der Waals surface area contributed by atoms with Gasteiger partial charge in [-0.05, 0) is 52.4 Å². The lowest BCUT2D eigenvalue weighted by atomic mass is 9.88. The third kappa shape index (κ3) is 3.39. The zero-order valence-electron chi connectivity index (χ0n) is 11.9. The maximum atomic E-state index is 12.2. The summed E-state index contributed by atoms with van der Waals surface area (Å²) >= 11 is 0. The second kappa shape index (κ2) is 5.02. The average molecular weight is 269 g/mol. The molecule has 2 saturated heterocycles. The summed E-state index contributed by atoms with van der Waals surface area (Å²) in [6.45, 7) is 5.60. The van der Waals surface area contributed by atoms with Crippen LogP contribution in [0.25, 0.3) is 0 Å². The third-order valence-electron chi connectivity index (χ3n) is 3.90. The van der Waals surface area contributed by atoms with Gasteiger partial charge in [-0.2, -0.15) is 0 Å². The van der Waals surface area contributed by atoms with E-state index >= 15 is 0 Å². The molecule has 2 heterocycles. The molecule has 2 bridgehead atoms. The molecule has 0 radical (unpaired) electrons. The van der Waals surface area contributed by atoms with Crippen molar-refractivity contribution in [2.24, 2.45) is 5.92 Å². The van der Waals surface area contributed by atoms with E-state index < -0.39 is 11.6 Å². The number of carbonyl (C=O) groups is 2. The van der Waals surface area contributed by atoms with Gasteiger partial charge in [-0.1, -0.05) is 0 Å². The number of nitrogens with zero attached hydrogens (tertiary/aromatic N) is 1. The van der Waals surface area contributed by atoms with E-state index in [0.717, 1.165) is 25.7 Å². The molecule has 0 saturated carbocycles. The molecule has 1 unspecified atom stereocenters. The number of aliphatic carboxylic acids is 1. The number of rotatable bonds is 2. The summed E-state index contributed by atoms with van der Waals surface area (Å²) in [5, 5.41) is 8.88. The minimum Gasteiger partial charge on any atom is -0.481 e. The van der Waals surface area contributed by atoms with Crippen LogP contribution in [0.3, 0.4) is 0 Å².